The standard InChI is InChI=1S/C12H14ClFO2/c1-7-5-8(3-4-10(7)14)16-11-6-9(13)12(11)15-2/h3-5,9,11-12H,6H2,1-2H3. The molecule has 4 heteroatoms. The molecule has 1 aromatic carbocycles. The summed E-state index contributed by atoms with van der Waals surface area (Å²) in [6, 6.07) is 4.71. The van der Waals surface area contributed by atoms with Gasteiger partial charge in [-0.25, -0.2) is 4.39 Å². The van der Waals surface area contributed by atoms with Crippen molar-refractivity contribution >= 4 is 11.6 Å². The Morgan fingerprint density at radius 1 is 1.44 bits per heavy atom. The fraction of sp³-hybridized carbons (Fsp3) is 0.500. The first kappa shape index (κ1) is 11.7. The fourth-order valence-corrected chi connectivity index (χ4v) is 2.25. The zero-order valence-electron chi connectivity index (χ0n) is 9.24. The molecule has 0 heterocycles. The van der Waals surface area contributed by atoms with Gasteiger partial charge in [-0.1, -0.05) is 0 Å². The predicted molar refractivity (Wildman–Crippen MR) is 60.6 cm³/mol. The van der Waals surface area contributed by atoms with Crippen molar-refractivity contribution in [2.75, 3.05) is 7.11 Å². The molecule has 0 aliphatic heterocycles. The molecule has 1 fully saturated rings. The van der Waals surface area contributed by atoms with E-state index in [4.69, 9.17) is 21.1 Å². The van der Waals surface area contributed by atoms with Gasteiger partial charge in [-0.15, -0.1) is 11.6 Å². The summed E-state index contributed by atoms with van der Waals surface area (Å²) in [5.74, 6) is 0.439. The van der Waals surface area contributed by atoms with Crippen LogP contribution in [0.5, 0.6) is 5.75 Å². The van der Waals surface area contributed by atoms with Crippen molar-refractivity contribution in [3.8, 4) is 5.75 Å². The van der Waals surface area contributed by atoms with Crippen LogP contribution in [0.3, 0.4) is 0 Å². The molecule has 2 nitrogen and oxygen atoms in total. The topological polar surface area (TPSA) is 18.5 Å². The number of benzene rings is 1. The van der Waals surface area contributed by atoms with E-state index in [1.165, 1.54) is 6.07 Å². The zero-order valence-corrected chi connectivity index (χ0v) is 10.00. The minimum absolute atomic E-state index is 0.0107. The molecule has 0 saturated heterocycles. The first-order valence-corrected chi connectivity index (χ1v) is 5.65. The van der Waals surface area contributed by atoms with Crippen LogP contribution in [0, 0.1) is 12.7 Å². The molecule has 1 aromatic rings. The number of rotatable bonds is 3. The number of methoxy groups -OCH3 is 1. The highest BCUT2D eigenvalue weighted by molar-refractivity contribution is 6.21. The van der Waals surface area contributed by atoms with Crippen LogP contribution >= 0.6 is 11.6 Å². The maximum absolute atomic E-state index is 13.0. The number of halogens is 2. The van der Waals surface area contributed by atoms with Crippen molar-refractivity contribution in [3.05, 3.63) is 29.6 Å². The summed E-state index contributed by atoms with van der Waals surface area (Å²) in [7, 11) is 1.62. The Morgan fingerprint density at radius 3 is 2.75 bits per heavy atom. The summed E-state index contributed by atoms with van der Waals surface area (Å²) < 4.78 is 23.9. The lowest BCUT2D eigenvalue weighted by molar-refractivity contribution is -0.0584. The van der Waals surface area contributed by atoms with E-state index >= 15 is 0 Å². The molecule has 88 valence electrons. The van der Waals surface area contributed by atoms with Gasteiger partial charge in [0.1, 0.15) is 23.8 Å². The average molecular weight is 245 g/mol. The number of alkyl halides is 1. The normalized spacial score (nSPS) is 28.6. The molecule has 0 bridgehead atoms. The lowest BCUT2D eigenvalue weighted by Gasteiger charge is -2.39. The minimum Gasteiger partial charge on any atom is -0.488 e. The van der Waals surface area contributed by atoms with Crippen LogP contribution < -0.4 is 4.74 Å². The monoisotopic (exact) mass is 244 g/mol. The van der Waals surface area contributed by atoms with Crippen LogP contribution in [-0.4, -0.2) is 24.7 Å². The van der Waals surface area contributed by atoms with E-state index in [2.05, 4.69) is 0 Å². The summed E-state index contributed by atoms with van der Waals surface area (Å²) in [5.41, 5.74) is 0.577. The third-order valence-electron chi connectivity index (χ3n) is 2.87. The van der Waals surface area contributed by atoms with Crippen molar-refractivity contribution < 1.29 is 13.9 Å². The number of ether oxygens (including phenoxy) is 2. The van der Waals surface area contributed by atoms with Gasteiger partial charge in [0.05, 0.1) is 5.38 Å². The van der Waals surface area contributed by atoms with E-state index < -0.39 is 0 Å². The molecule has 16 heavy (non-hydrogen) atoms. The lowest BCUT2D eigenvalue weighted by atomic mass is 9.91. The van der Waals surface area contributed by atoms with Gasteiger partial charge in [0, 0.05) is 13.5 Å². The molecule has 1 aliphatic carbocycles. The Bertz CT molecular complexity index is 383. The molecular formula is C12H14ClFO2. The van der Waals surface area contributed by atoms with E-state index in [0.29, 0.717) is 11.3 Å². The second-order valence-corrected chi connectivity index (χ2v) is 4.58. The number of hydrogen-bond acceptors (Lipinski definition) is 2. The Kier molecular flexibility index (Phi) is 3.36. The van der Waals surface area contributed by atoms with Gasteiger partial charge in [-0.05, 0) is 30.7 Å². The highest BCUT2D eigenvalue weighted by Gasteiger charge is 2.42. The molecule has 3 atom stereocenters. The van der Waals surface area contributed by atoms with Crippen LogP contribution in [0.15, 0.2) is 18.2 Å². The van der Waals surface area contributed by atoms with Crippen LogP contribution in [0.4, 0.5) is 4.39 Å². The van der Waals surface area contributed by atoms with Crippen molar-refractivity contribution in [2.45, 2.75) is 30.9 Å². The maximum atomic E-state index is 13.0. The van der Waals surface area contributed by atoms with Gasteiger partial charge in [-0.2, -0.15) is 0 Å². The van der Waals surface area contributed by atoms with Gasteiger partial charge in [0.15, 0.2) is 0 Å². The van der Waals surface area contributed by atoms with Gasteiger partial charge in [0.25, 0.3) is 0 Å². The van der Waals surface area contributed by atoms with Crippen LogP contribution in [0.1, 0.15) is 12.0 Å². The van der Waals surface area contributed by atoms with E-state index in [9.17, 15) is 4.39 Å². The van der Waals surface area contributed by atoms with E-state index in [-0.39, 0.29) is 23.4 Å². The van der Waals surface area contributed by atoms with E-state index in [0.717, 1.165) is 6.42 Å². The second kappa shape index (κ2) is 4.60. The van der Waals surface area contributed by atoms with Crippen molar-refractivity contribution in [1.82, 2.24) is 0 Å². The molecule has 3 unspecified atom stereocenters. The van der Waals surface area contributed by atoms with Gasteiger partial charge >= 0.3 is 0 Å². The highest BCUT2D eigenvalue weighted by Crippen LogP contribution is 2.32. The molecule has 2 rings (SSSR count). The highest BCUT2D eigenvalue weighted by atomic mass is 35.5. The van der Waals surface area contributed by atoms with Crippen molar-refractivity contribution in [2.24, 2.45) is 0 Å². The maximum Gasteiger partial charge on any atom is 0.128 e. The van der Waals surface area contributed by atoms with E-state index in [1.807, 2.05) is 0 Å². The molecular weight excluding hydrogens is 231 g/mol. The fourth-order valence-electron chi connectivity index (χ4n) is 1.81. The van der Waals surface area contributed by atoms with Crippen molar-refractivity contribution in [3.63, 3.8) is 0 Å². The molecule has 0 spiro atoms. The number of hydrogen-bond donors (Lipinski definition) is 0. The molecule has 0 N–H and O–H groups in total. The third kappa shape index (κ3) is 2.15. The largest absolute Gasteiger partial charge is 0.488 e. The van der Waals surface area contributed by atoms with E-state index in [1.54, 1.807) is 26.2 Å². The van der Waals surface area contributed by atoms with Crippen LogP contribution in [0.2, 0.25) is 0 Å². The van der Waals surface area contributed by atoms with Gasteiger partial charge < -0.3 is 9.47 Å². The third-order valence-corrected chi connectivity index (χ3v) is 3.30. The number of aryl methyl sites for hydroxylation is 1. The zero-order chi connectivity index (χ0) is 11.7. The molecule has 0 aromatic heterocycles. The smallest absolute Gasteiger partial charge is 0.128 e. The van der Waals surface area contributed by atoms with Gasteiger partial charge in [-0.3, -0.25) is 0 Å². The Balaban J connectivity index is 2.02. The molecule has 1 saturated carbocycles. The first-order valence-electron chi connectivity index (χ1n) is 5.21. The molecule has 1 aliphatic rings. The van der Waals surface area contributed by atoms with Crippen LogP contribution in [0.25, 0.3) is 0 Å². The summed E-state index contributed by atoms with van der Waals surface area (Å²) in [4.78, 5) is 0. The van der Waals surface area contributed by atoms with Crippen molar-refractivity contribution in [1.29, 1.82) is 0 Å². The van der Waals surface area contributed by atoms with Gasteiger partial charge in [0.2, 0.25) is 0 Å². The minimum atomic E-state index is -0.223. The average Bonchev–Trinajstić information content (AvgIpc) is 2.23. The summed E-state index contributed by atoms with van der Waals surface area (Å²) >= 11 is 5.97. The quantitative estimate of drug-likeness (QED) is 0.762. The Morgan fingerprint density at radius 2 is 2.19 bits per heavy atom. The first-order chi connectivity index (χ1) is 7.61. The summed E-state index contributed by atoms with van der Waals surface area (Å²) in [6.45, 7) is 1.71. The van der Waals surface area contributed by atoms with Crippen LogP contribution in [-0.2, 0) is 4.74 Å². The SMILES string of the molecule is COC1C(Cl)CC1Oc1ccc(F)c(C)c1. The Hall–Kier alpha value is -0.800. The molecule has 0 radical (unpaired) electrons. The second-order valence-electron chi connectivity index (χ2n) is 4.02. The summed E-state index contributed by atoms with van der Waals surface area (Å²) in [5, 5.41) is 0.0107. The molecule has 0 amide bonds. The summed E-state index contributed by atoms with van der Waals surface area (Å²) in [6.07, 6.45) is 0.653. The Labute approximate surface area is 99.3 Å². The predicted octanol–water partition coefficient (Wildman–Crippen LogP) is 2.91. The lowest BCUT2D eigenvalue weighted by Crippen LogP contribution is -2.52.